The quantitative estimate of drug-likeness (QED) is 0.785. The SMILES string of the molecule is CC(C)C(NC(=O)c1ccccc1)C(=O)N1CCN(c2ccc(C(F)(F)F)cn2)CC1. The highest BCUT2D eigenvalue weighted by Gasteiger charge is 2.33. The Hall–Kier alpha value is -3.10. The number of hydrogen-bond donors (Lipinski definition) is 1. The van der Waals surface area contributed by atoms with Crippen LogP contribution in [0, 0.1) is 5.92 Å². The molecule has 1 aliphatic rings. The summed E-state index contributed by atoms with van der Waals surface area (Å²) >= 11 is 0. The van der Waals surface area contributed by atoms with Crippen LogP contribution in [0.2, 0.25) is 0 Å². The molecule has 1 fully saturated rings. The summed E-state index contributed by atoms with van der Waals surface area (Å²) in [5, 5.41) is 2.83. The Morgan fingerprint density at radius 1 is 1.00 bits per heavy atom. The van der Waals surface area contributed by atoms with E-state index in [2.05, 4.69) is 10.3 Å². The molecule has 1 aliphatic heterocycles. The number of amides is 2. The van der Waals surface area contributed by atoms with Crippen LogP contribution in [0.4, 0.5) is 19.0 Å². The number of halogens is 3. The number of carbonyl (C=O) groups excluding carboxylic acids is 2. The standard InChI is InChI=1S/C22H25F3N4O2/c1-15(2)19(27-20(30)16-6-4-3-5-7-16)21(31)29-12-10-28(11-13-29)18-9-8-17(14-26-18)22(23,24)25/h3-9,14-15,19H,10-13H2,1-2H3,(H,27,30). The topological polar surface area (TPSA) is 65.5 Å². The van der Waals surface area contributed by atoms with Crippen molar-refractivity contribution < 1.29 is 22.8 Å². The molecule has 1 saturated heterocycles. The second-order valence-electron chi connectivity index (χ2n) is 7.78. The van der Waals surface area contributed by atoms with Crippen LogP contribution in [0.25, 0.3) is 0 Å². The number of carbonyl (C=O) groups is 2. The molecule has 1 atom stereocenters. The number of nitrogens with one attached hydrogen (secondary N) is 1. The Morgan fingerprint density at radius 3 is 2.16 bits per heavy atom. The fourth-order valence-corrected chi connectivity index (χ4v) is 3.42. The molecule has 0 radical (unpaired) electrons. The number of anilines is 1. The third-order valence-electron chi connectivity index (χ3n) is 5.25. The smallest absolute Gasteiger partial charge is 0.353 e. The lowest BCUT2D eigenvalue weighted by Gasteiger charge is -2.37. The van der Waals surface area contributed by atoms with E-state index < -0.39 is 17.8 Å². The average molecular weight is 434 g/mol. The molecule has 31 heavy (non-hydrogen) atoms. The fourth-order valence-electron chi connectivity index (χ4n) is 3.42. The molecule has 1 N–H and O–H groups in total. The van der Waals surface area contributed by atoms with Gasteiger partial charge in [-0.3, -0.25) is 9.59 Å². The Labute approximate surface area is 179 Å². The van der Waals surface area contributed by atoms with Gasteiger partial charge in [-0.1, -0.05) is 32.0 Å². The van der Waals surface area contributed by atoms with E-state index in [9.17, 15) is 22.8 Å². The summed E-state index contributed by atoms with van der Waals surface area (Å²) in [4.78, 5) is 33.0. The van der Waals surface area contributed by atoms with E-state index in [-0.39, 0.29) is 17.7 Å². The second kappa shape index (κ2) is 9.36. The second-order valence-corrected chi connectivity index (χ2v) is 7.78. The Morgan fingerprint density at radius 2 is 1.65 bits per heavy atom. The van der Waals surface area contributed by atoms with E-state index in [0.29, 0.717) is 37.6 Å². The van der Waals surface area contributed by atoms with Crippen molar-refractivity contribution in [1.82, 2.24) is 15.2 Å². The summed E-state index contributed by atoms with van der Waals surface area (Å²) in [6, 6.07) is 10.4. The van der Waals surface area contributed by atoms with Crippen molar-refractivity contribution in [3.63, 3.8) is 0 Å². The van der Waals surface area contributed by atoms with E-state index in [1.807, 2.05) is 24.8 Å². The Balaban J connectivity index is 1.60. The first-order chi connectivity index (χ1) is 14.7. The number of benzene rings is 1. The number of piperazine rings is 1. The zero-order chi connectivity index (χ0) is 22.6. The first kappa shape index (κ1) is 22.6. The summed E-state index contributed by atoms with van der Waals surface area (Å²) in [6.07, 6.45) is -3.60. The summed E-state index contributed by atoms with van der Waals surface area (Å²) in [7, 11) is 0. The molecule has 1 aromatic carbocycles. The van der Waals surface area contributed by atoms with Crippen LogP contribution in [-0.4, -0.2) is 53.9 Å². The summed E-state index contributed by atoms with van der Waals surface area (Å²) in [5.41, 5.74) is -0.307. The molecule has 9 heteroatoms. The number of alkyl halides is 3. The molecule has 166 valence electrons. The molecular weight excluding hydrogens is 409 g/mol. The van der Waals surface area contributed by atoms with Crippen LogP contribution in [0.15, 0.2) is 48.7 Å². The minimum absolute atomic E-state index is 0.102. The minimum atomic E-state index is -4.42. The molecule has 2 aromatic rings. The maximum absolute atomic E-state index is 13.1. The molecule has 3 rings (SSSR count). The van der Waals surface area contributed by atoms with Crippen molar-refractivity contribution in [3.05, 3.63) is 59.8 Å². The van der Waals surface area contributed by atoms with Gasteiger partial charge in [0.25, 0.3) is 5.91 Å². The van der Waals surface area contributed by atoms with E-state index in [4.69, 9.17) is 0 Å². The molecule has 2 amide bonds. The molecule has 1 aromatic heterocycles. The number of rotatable bonds is 5. The van der Waals surface area contributed by atoms with Crippen molar-refractivity contribution >= 4 is 17.6 Å². The number of nitrogens with zero attached hydrogens (tertiary/aromatic N) is 3. The molecule has 0 aliphatic carbocycles. The van der Waals surface area contributed by atoms with Gasteiger partial charge >= 0.3 is 6.18 Å². The zero-order valence-electron chi connectivity index (χ0n) is 17.4. The van der Waals surface area contributed by atoms with Crippen molar-refractivity contribution in [3.8, 4) is 0 Å². The molecule has 6 nitrogen and oxygen atoms in total. The number of aromatic nitrogens is 1. The van der Waals surface area contributed by atoms with E-state index >= 15 is 0 Å². The lowest BCUT2D eigenvalue weighted by atomic mass is 10.0. The average Bonchev–Trinajstić information content (AvgIpc) is 2.77. The van der Waals surface area contributed by atoms with Crippen molar-refractivity contribution in [2.75, 3.05) is 31.1 Å². The highest BCUT2D eigenvalue weighted by Crippen LogP contribution is 2.29. The largest absolute Gasteiger partial charge is 0.417 e. The molecule has 1 unspecified atom stereocenters. The van der Waals surface area contributed by atoms with Gasteiger partial charge < -0.3 is 15.1 Å². The van der Waals surface area contributed by atoms with Crippen LogP contribution < -0.4 is 10.2 Å². The van der Waals surface area contributed by atoms with Gasteiger partial charge in [-0.05, 0) is 30.2 Å². The normalized spacial score (nSPS) is 15.7. The van der Waals surface area contributed by atoms with Gasteiger partial charge in [0.15, 0.2) is 0 Å². The minimum Gasteiger partial charge on any atom is -0.353 e. The lowest BCUT2D eigenvalue weighted by Crippen LogP contribution is -2.56. The van der Waals surface area contributed by atoms with Gasteiger partial charge in [-0.25, -0.2) is 4.98 Å². The third kappa shape index (κ3) is 5.53. The highest BCUT2D eigenvalue weighted by atomic mass is 19.4. The summed E-state index contributed by atoms with van der Waals surface area (Å²) in [5.74, 6) is -0.132. The molecule has 2 heterocycles. The highest BCUT2D eigenvalue weighted by molar-refractivity contribution is 5.97. The van der Waals surface area contributed by atoms with Crippen molar-refractivity contribution in [2.45, 2.75) is 26.1 Å². The Kier molecular flexibility index (Phi) is 6.82. The van der Waals surface area contributed by atoms with Gasteiger partial charge in [0.1, 0.15) is 11.9 Å². The van der Waals surface area contributed by atoms with Crippen LogP contribution in [-0.2, 0) is 11.0 Å². The van der Waals surface area contributed by atoms with Crippen LogP contribution in [0.5, 0.6) is 0 Å². The first-order valence-electron chi connectivity index (χ1n) is 10.1. The first-order valence-corrected chi connectivity index (χ1v) is 10.1. The predicted octanol–water partition coefficient (Wildman–Crippen LogP) is 3.20. The van der Waals surface area contributed by atoms with E-state index in [1.54, 1.807) is 29.2 Å². The lowest BCUT2D eigenvalue weighted by molar-refractivity contribution is -0.138. The van der Waals surface area contributed by atoms with Gasteiger partial charge in [0, 0.05) is 37.9 Å². The third-order valence-corrected chi connectivity index (χ3v) is 5.25. The monoisotopic (exact) mass is 434 g/mol. The van der Waals surface area contributed by atoms with Gasteiger partial charge in [-0.2, -0.15) is 13.2 Å². The summed E-state index contributed by atoms with van der Waals surface area (Å²) < 4.78 is 38.1. The van der Waals surface area contributed by atoms with E-state index in [0.717, 1.165) is 12.3 Å². The molecule has 0 saturated carbocycles. The van der Waals surface area contributed by atoms with E-state index in [1.165, 1.54) is 6.07 Å². The zero-order valence-corrected chi connectivity index (χ0v) is 17.4. The van der Waals surface area contributed by atoms with Crippen LogP contribution >= 0.6 is 0 Å². The van der Waals surface area contributed by atoms with Crippen LogP contribution in [0.1, 0.15) is 29.8 Å². The number of pyridine rings is 1. The summed E-state index contributed by atoms with van der Waals surface area (Å²) in [6.45, 7) is 5.42. The van der Waals surface area contributed by atoms with Crippen LogP contribution in [0.3, 0.4) is 0 Å². The molecule has 0 bridgehead atoms. The number of hydrogen-bond acceptors (Lipinski definition) is 4. The molecular formula is C22H25F3N4O2. The maximum atomic E-state index is 13.1. The maximum Gasteiger partial charge on any atom is 0.417 e. The van der Waals surface area contributed by atoms with Gasteiger partial charge in [-0.15, -0.1) is 0 Å². The fraction of sp³-hybridized carbons (Fsp3) is 0.409. The van der Waals surface area contributed by atoms with Gasteiger partial charge in [0.05, 0.1) is 5.56 Å². The molecule has 0 spiro atoms. The van der Waals surface area contributed by atoms with Crippen molar-refractivity contribution in [1.29, 1.82) is 0 Å². The Bertz CT molecular complexity index is 893. The predicted molar refractivity (Wildman–Crippen MR) is 111 cm³/mol. The van der Waals surface area contributed by atoms with Crippen molar-refractivity contribution in [2.24, 2.45) is 5.92 Å². The van der Waals surface area contributed by atoms with Gasteiger partial charge in [0.2, 0.25) is 5.91 Å².